The van der Waals surface area contributed by atoms with Crippen LogP contribution in [0.1, 0.15) is 94.9 Å². The number of aliphatic hydroxyl groups excluding tert-OH is 2. The number of rotatable bonds is 9. The van der Waals surface area contributed by atoms with Crippen LogP contribution in [0.2, 0.25) is 0 Å². The van der Waals surface area contributed by atoms with Crippen LogP contribution in [0.25, 0.3) is 5.69 Å². The van der Waals surface area contributed by atoms with Crippen LogP contribution in [0.3, 0.4) is 0 Å². The summed E-state index contributed by atoms with van der Waals surface area (Å²) in [6, 6.07) is 9.68. The number of Topliss-reactive ketones (excluding diaryl/α,β-unsaturated/α-hetero) is 1. The van der Waals surface area contributed by atoms with E-state index in [0.717, 1.165) is 5.69 Å². The summed E-state index contributed by atoms with van der Waals surface area (Å²) in [5, 5.41) is 38.8. The van der Waals surface area contributed by atoms with Gasteiger partial charge in [-0.25, -0.2) is 4.68 Å². The molecule has 0 spiro atoms. The van der Waals surface area contributed by atoms with Gasteiger partial charge in [0, 0.05) is 57.8 Å². The number of ketones is 1. The predicted molar refractivity (Wildman–Crippen MR) is 235 cm³/mol. The second kappa shape index (κ2) is 19.8. The summed E-state index contributed by atoms with van der Waals surface area (Å²) in [5.74, 6) is -4.50. The zero-order chi connectivity index (χ0) is 47.1. The maximum absolute atomic E-state index is 14.5. The van der Waals surface area contributed by atoms with Crippen LogP contribution < -0.4 is 0 Å². The Hall–Kier alpha value is -3.52. The van der Waals surface area contributed by atoms with Crippen LogP contribution in [0.4, 0.5) is 5.69 Å². The second-order valence-electron chi connectivity index (χ2n) is 19.2. The Morgan fingerprint density at radius 3 is 2.17 bits per heavy atom. The number of ether oxygens (including phenoxy) is 8. The van der Waals surface area contributed by atoms with Crippen molar-refractivity contribution >= 4 is 23.5 Å². The average molecular weight is 901 g/mol. The molecule has 0 saturated carbocycles. The highest BCUT2D eigenvalue weighted by molar-refractivity contribution is 5.83. The minimum Gasteiger partial charge on any atom is -0.459 e. The van der Waals surface area contributed by atoms with Gasteiger partial charge in [0.2, 0.25) is 0 Å². The standard InChI is InChI=1S/C47H72N4O13/c1-14-34-47(10,56)39(53)27(4)36(52)25(2)23-46(9,58-13)41(28(5)37(29(6)42(55)61-34)62-35-24-45(8,57-12)40(54)30(7)60-35)64-43-38-33(22-26(3)59-43)50(11)44(63-38)49-31-16-18-32(19-17-31)51-21-15-20-48-51/h15-21,25-30,33-35,37-41,43,53-54,56H,14,22-24H2,1-13H3/t25-,26-,27+,28+,29-,30+,33+,34-,35+,37+,38-,39-,40+,41-,43+,45-,46-,47-/m1/s1. The number of carbonyl (C=O) groups excluding carboxylic acids is 2. The number of cyclic esters (lactones) is 1. The van der Waals surface area contributed by atoms with Crippen LogP contribution in [-0.4, -0.2) is 153 Å². The Kier molecular flexibility index (Phi) is 15.4. The van der Waals surface area contributed by atoms with Crippen LogP contribution in [0.5, 0.6) is 0 Å². The van der Waals surface area contributed by atoms with Gasteiger partial charge in [-0.3, -0.25) is 9.59 Å². The second-order valence-corrected chi connectivity index (χ2v) is 19.2. The molecule has 4 aliphatic heterocycles. The first-order valence-electron chi connectivity index (χ1n) is 22.7. The van der Waals surface area contributed by atoms with E-state index in [1.54, 1.807) is 59.5 Å². The molecular weight excluding hydrogens is 829 g/mol. The van der Waals surface area contributed by atoms with Crippen molar-refractivity contribution in [2.75, 3.05) is 21.3 Å². The van der Waals surface area contributed by atoms with E-state index >= 15 is 0 Å². The van der Waals surface area contributed by atoms with Crippen molar-refractivity contribution in [1.29, 1.82) is 0 Å². The van der Waals surface area contributed by atoms with Crippen molar-refractivity contribution in [2.45, 2.75) is 179 Å². The molecule has 17 heteroatoms. The zero-order valence-corrected chi connectivity index (χ0v) is 39.7. The minimum atomic E-state index is -1.98. The molecule has 0 amide bonds. The van der Waals surface area contributed by atoms with Crippen molar-refractivity contribution in [3.63, 3.8) is 0 Å². The van der Waals surface area contributed by atoms with Gasteiger partial charge in [-0.1, -0.05) is 27.7 Å². The molecule has 4 fully saturated rings. The lowest BCUT2D eigenvalue weighted by molar-refractivity contribution is -0.315. The maximum Gasteiger partial charge on any atom is 0.311 e. The van der Waals surface area contributed by atoms with E-state index in [0.29, 0.717) is 18.1 Å². The number of carbonyl (C=O) groups is 2. The molecule has 4 saturated heterocycles. The summed E-state index contributed by atoms with van der Waals surface area (Å²) in [7, 11) is 4.98. The largest absolute Gasteiger partial charge is 0.459 e. The first-order valence-corrected chi connectivity index (χ1v) is 22.7. The van der Waals surface area contributed by atoms with E-state index in [-0.39, 0.29) is 37.2 Å². The topological polar surface area (TPSA) is 202 Å². The maximum atomic E-state index is 14.5. The van der Waals surface area contributed by atoms with Crippen molar-refractivity contribution < 1.29 is 62.8 Å². The molecule has 358 valence electrons. The van der Waals surface area contributed by atoms with E-state index in [2.05, 4.69) is 5.10 Å². The predicted octanol–water partition coefficient (Wildman–Crippen LogP) is 4.72. The third-order valence-corrected chi connectivity index (χ3v) is 14.5. The van der Waals surface area contributed by atoms with Crippen LogP contribution in [0.15, 0.2) is 47.7 Å². The smallest absolute Gasteiger partial charge is 0.311 e. The fraction of sp³-hybridized carbons (Fsp3) is 0.745. The lowest BCUT2D eigenvalue weighted by Gasteiger charge is -2.49. The molecule has 3 N–H and O–H groups in total. The first kappa shape index (κ1) is 49.9. The molecule has 0 bridgehead atoms. The average Bonchev–Trinajstić information content (AvgIpc) is 3.92. The van der Waals surface area contributed by atoms with E-state index < -0.39 is 102 Å². The molecule has 0 radical (unpaired) electrons. The fourth-order valence-electron chi connectivity index (χ4n) is 10.2. The van der Waals surface area contributed by atoms with Crippen LogP contribution >= 0.6 is 0 Å². The van der Waals surface area contributed by atoms with Crippen LogP contribution in [-0.2, 0) is 47.5 Å². The molecule has 18 atom stereocenters. The first-order chi connectivity index (χ1) is 30.1. The van der Waals surface area contributed by atoms with Crippen LogP contribution in [0, 0.1) is 23.7 Å². The number of amidine groups is 1. The van der Waals surface area contributed by atoms with Gasteiger partial charge in [0.25, 0.3) is 6.02 Å². The molecule has 2 aromatic rings. The molecule has 64 heavy (non-hydrogen) atoms. The molecule has 4 aliphatic rings. The number of hydrogen-bond donors (Lipinski definition) is 3. The summed E-state index contributed by atoms with van der Waals surface area (Å²) in [5.41, 5.74) is -2.73. The number of likely N-dealkylation sites (N-methyl/N-ethyl adjacent to an activating group) is 1. The van der Waals surface area contributed by atoms with Crippen molar-refractivity contribution in [2.24, 2.45) is 28.7 Å². The lowest BCUT2D eigenvalue weighted by atomic mass is 9.74. The Morgan fingerprint density at radius 2 is 1.56 bits per heavy atom. The van der Waals surface area contributed by atoms with Gasteiger partial charge in [-0.05, 0) is 91.1 Å². The Balaban J connectivity index is 1.40. The highest BCUT2D eigenvalue weighted by atomic mass is 16.7. The number of fused-ring (bicyclic) bond motifs is 1. The Labute approximate surface area is 377 Å². The summed E-state index contributed by atoms with van der Waals surface area (Å²) < 4.78 is 53.6. The van der Waals surface area contributed by atoms with Gasteiger partial charge in [0.15, 0.2) is 18.7 Å². The molecule has 6 rings (SSSR count). The summed E-state index contributed by atoms with van der Waals surface area (Å²) in [4.78, 5) is 35.6. The normalized spacial score (nSPS) is 43.3. The third kappa shape index (κ3) is 9.93. The molecule has 1 aromatic carbocycles. The summed E-state index contributed by atoms with van der Waals surface area (Å²) >= 11 is 0. The SMILES string of the molecule is CC[C@H]1OC(=O)[C@H](C)[C@@H](O[C@H]2C[C@@](C)(OC)[C@@H](O)[C@H](C)O2)[C@H](C)[C@@H](O[C@@H]2O[C@H](C)C[C@H]3[C@H]2OC(=Nc2ccc(-n4cccn4)cc2)N3C)[C@](C)(OC)C[C@@H](C)C(=O)[C@H](C)[C@@H](O)[C@]1(C)O. The number of methoxy groups -OCH3 is 2. The van der Waals surface area contributed by atoms with Crippen molar-refractivity contribution in [3.05, 3.63) is 42.7 Å². The van der Waals surface area contributed by atoms with Gasteiger partial charge in [-0.15, -0.1) is 0 Å². The van der Waals surface area contributed by atoms with E-state index in [1.165, 1.54) is 14.0 Å². The third-order valence-electron chi connectivity index (χ3n) is 14.5. The van der Waals surface area contributed by atoms with Gasteiger partial charge in [-0.2, -0.15) is 10.1 Å². The Morgan fingerprint density at radius 1 is 0.891 bits per heavy atom. The molecule has 1 aromatic heterocycles. The van der Waals surface area contributed by atoms with E-state index in [1.807, 2.05) is 69.2 Å². The highest BCUT2D eigenvalue weighted by Gasteiger charge is 2.56. The lowest BCUT2D eigenvalue weighted by Crippen LogP contribution is -2.61. The van der Waals surface area contributed by atoms with E-state index in [9.17, 15) is 24.9 Å². The van der Waals surface area contributed by atoms with Gasteiger partial charge >= 0.3 is 5.97 Å². The molecule has 5 heterocycles. The molecule has 0 aliphatic carbocycles. The number of esters is 1. The monoisotopic (exact) mass is 901 g/mol. The number of aliphatic hydroxyl groups is 3. The summed E-state index contributed by atoms with van der Waals surface area (Å²) in [6.07, 6.45) is -4.67. The quantitative estimate of drug-likeness (QED) is 0.292. The number of nitrogens with zero attached hydrogens (tertiary/aromatic N) is 4. The molecule has 0 unspecified atom stereocenters. The number of aliphatic imine (C=N–C) groups is 1. The Bertz CT molecular complexity index is 1920. The minimum absolute atomic E-state index is 0.114. The van der Waals surface area contributed by atoms with E-state index in [4.69, 9.17) is 42.9 Å². The van der Waals surface area contributed by atoms with Gasteiger partial charge < -0.3 is 58.1 Å². The zero-order valence-electron chi connectivity index (χ0n) is 39.7. The van der Waals surface area contributed by atoms with Crippen molar-refractivity contribution in [3.8, 4) is 5.69 Å². The summed E-state index contributed by atoms with van der Waals surface area (Å²) in [6.45, 7) is 17.3. The molecule has 17 nitrogen and oxygen atoms in total. The van der Waals surface area contributed by atoms with Gasteiger partial charge in [0.1, 0.15) is 23.6 Å². The number of benzene rings is 1. The number of aromatic nitrogens is 2. The van der Waals surface area contributed by atoms with Crippen molar-refractivity contribution in [1.82, 2.24) is 14.7 Å². The molecular formula is C47H72N4O13. The van der Waals surface area contributed by atoms with Gasteiger partial charge in [0.05, 0.1) is 65.1 Å². The highest BCUT2D eigenvalue weighted by Crippen LogP contribution is 2.43. The number of hydrogen-bond acceptors (Lipinski definition) is 15. The fourth-order valence-corrected chi connectivity index (χ4v) is 10.2.